The zero-order valence-electron chi connectivity index (χ0n) is 10.3. The van der Waals surface area contributed by atoms with Crippen molar-refractivity contribution >= 4 is 5.97 Å². The number of carboxylic acid groups (broad SMARTS) is 1. The number of nitrogens with zero attached hydrogens (tertiary/aromatic N) is 2. The molecule has 2 heterocycles. The van der Waals surface area contributed by atoms with E-state index in [1.165, 1.54) is 0 Å². The zero-order chi connectivity index (χ0) is 12.4. The zero-order valence-corrected chi connectivity index (χ0v) is 10.3. The second-order valence-electron chi connectivity index (χ2n) is 4.79. The maximum Gasteiger partial charge on any atom is 0.321 e. The minimum Gasteiger partial charge on any atom is -0.480 e. The highest BCUT2D eigenvalue weighted by Crippen LogP contribution is 2.25. The first-order chi connectivity index (χ1) is 8.08. The maximum atomic E-state index is 11.2. The Balaban J connectivity index is 2.11. The van der Waals surface area contributed by atoms with E-state index in [-0.39, 0.29) is 12.0 Å². The molecule has 2 rings (SSSR count). The summed E-state index contributed by atoms with van der Waals surface area (Å²) in [4.78, 5) is 17.6. The molecule has 4 heteroatoms. The standard InChI is InChI=1S/C13H18N2O2/c1-9-6-7-15(12(9)13(16)17)8-11-5-3-4-10(2)14-11/h3-5,9,12H,6-8H2,1-2H3,(H,16,17). The van der Waals surface area contributed by atoms with Gasteiger partial charge in [0, 0.05) is 12.2 Å². The molecule has 17 heavy (non-hydrogen) atoms. The van der Waals surface area contributed by atoms with Gasteiger partial charge in [-0.1, -0.05) is 13.0 Å². The van der Waals surface area contributed by atoms with Crippen LogP contribution in [-0.2, 0) is 11.3 Å². The van der Waals surface area contributed by atoms with Crippen LogP contribution in [0.5, 0.6) is 0 Å². The Kier molecular flexibility index (Phi) is 3.43. The molecular weight excluding hydrogens is 216 g/mol. The van der Waals surface area contributed by atoms with Gasteiger partial charge in [0.1, 0.15) is 6.04 Å². The first-order valence-electron chi connectivity index (χ1n) is 5.97. The lowest BCUT2D eigenvalue weighted by atomic mass is 10.0. The molecule has 1 aliphatic rings. The number of carboxylic acids is 1. The molecule has 1 aromatic heterocycles. The van der Waals surface area contributed by atoms with E-state index in [4.69, 9.17) is 0 Å². The summed E-state index contributed by atoms with van der Waals surface area (Å²) >= 11 is 0. The Labute approximate surface area is 101 Å². The largest absolute Gasteiger partial charge is 0.480 e. The fraction of sp³-hybridized carbons (Fsp3) is 0.538. The first kappa shape index (κ1) is 12.0. The van der Waals surface area contributed by atoms with E-state index in [1.807, 2.05) is 36.9 Å². The predicted molar refractivity (Wildman–Crippen MR) is 64.6 cm³/mol. The maximum absolute atomic E-state index is 11.2. The Morgan fingerprint density at radius 1 is 1.59 bits per heavy atom. The molecule has 1 fully saturated rings. The highest BCUT2D eigenvalue weighted by atomic mass is 16.4. The van der Waals surface area contributed by atoms with Crippen molar-refractivity contribution in [3.63, 3.8) is 0 Å². The molecule has 0 aliphatic carbocycles. The number of aromatic nitrogens is 1. The van der Waals surface area contributed by atoms with E-state index in [0.717, 1.165) is 24.4 Å². The molecule has 92 valence electrons. The summed E-state index contributed by atoms with van der Waals surface area (Å²) in [6, 6.07) is 5.50. The number of carbonyl (C=O) groups is 1. The van der Waals surface area contributed by atoms with E-state index < -0.39 is 5.97 Å². The molecule has 0 saturated carbocycles. The monoisotopic (exact) mass is 234 g/mol. The Bertz CT molecular complexity index is 420. The third-order valence-corrected chi connectivity index (χ3v) is 3.37. The van der Waals surface area contributed by atoms with Crippen LogP contribution in [0.4, 0.5) is 0 Å². The number of hydrogen-bond donors (Lipinski definition) is 1. The van der Waals surface area contributed by atoms with Crippen LogP contribution in [0.15, 0.2) is 18.2 Å². The van der Waals surface area contributed by atoms with E-state index >= 15 is 0 Å². The van der Waals surface area contributed by atoms with Gasteiger partial charge in [0.2, 0.25) is 0 Å². The van der Waals surface area contributed by atoms with Crippen molar-refractivity contribution in [2.45, 2.75) is 32.9 Å². The SMILES string of the molecule is Cc1cccc(CN2CCC(C)C2C(=O)O)n1. The summed E-state index contributed by atoms with van der Waals surface area (Å²) < 4.78 is 0. The van der Waals surface area contributed by atoms with Crippen LogP contribution in [-0.4, -0.2) is 33.5 Å². The van der Waals surface area contributed by atoms with Gasteiger partial charge in [-0.2, -0.15) is 0 Å². The molecule has 1 N–H and O–H groups in total. The normalized spacial score (nSPS) is 25.1. The van der Waals surface area contributed by atoms with E-state index in [9.17, 15) is 9.90 Å². The second-order valence-corrected chi connectivity index (χ2v) is 4.79. The van der Waals surface area contributed by atoms with Gasteiger partial charge >= 0.3 is 5.97 Å². The lowest BCUT2D eigenvalue weighted by molar-refractivity contribution is -0.143. The fourth-order valence-electron chi connectivity index (χ4n) is 2.50. The number of rotatable bonds is 3. The summed E-state index contributed by atoms with van der Waals surface area (Å²) in [7, 11) is 0. The first-order valence-corrected chi connectivity index (χ1v) is 5.97. The summed E-state index contributed by atoms with van der Waals surface area (Å²) in [6.07, 6.45) is 0.947. The Morgan fingerprint density at radius 3 is 3.00 bits per heavy atom. The van der Waals surface area contributed by atoms with Crippen molar-refractivity contribution in [1.82, 2.24) is 9.88 Å². The molecule has 0 bridgehead atoms. The van der Waals surface area contributed by atoms with Crippen molar-refractivity contribution in [2.75, 3.05) is 6.54 Å². The highest BCUT2D eigenvalue weighted by Gasteiger charge is 2.36. The van der Waals surface area contributed by atoms with Crippen molar-refractivity contribution < 1.29 is 9.90 Å². The van der Waals surface area contributed by atoms with Crippen LogP contribution in [0.1, 0.15) is 24.7 Å². The number of aliphatic carboxylic acids is 1. The van der Waals surface area contributed by atoms with E-state index in [2.05, 4.69) is 4.98 Å². The predicted octanol–water partition coefficient (Wildman–Crippen LogP) is 1.69. The van der Waals surface area contributed by atoms with Crippen molar-refractivity contribution in [3.05, 3.63) is 29.6 Å². The molecule has 1 saturated heterocycles. The summed E-state index contributed by atoms with van der Waals surface area (Å²) in [5, 5.41) is 9.22. The molecule has 0 aromatic carbocycles. The summed E-state index contributed by atoms with van der Waals surface area (Å²) in [5.74, 6) is -0.500. The molecule has 0 amide bonds. The van der Waals surface area contributed by atoms with Gasteiger partial charge in [-0.05, 0) is 37.9 Å². The van der Waals surface area contributed by atoms with E-state index in [1.54, 1.807) is 0 Å². The average molecular weight is 234 g/mol. The van der Waals surface area contributed by atoms with Crippen LogP contribution in [0.2, 0.25) is 0 Å². The topological polar surface area (TPSA) is 53.4 Å². The van der Waals surface area contributed by atoms with Gasteiger partial charge in [0.15, 0.2) is 0 Å². The third-order valence-electron chi connectivity index (χ3n) is 3.37. The van der Waals surface area contributed by atoms with Gasteiger partial charge < -0.3 is 5.11 Å². The van der Waals surface area contributed by atoms with Crippen molar-refractivity contribution in [2.24, 2.45) is 5.92 Å². The van der Waals surface area contributed by atoms with Crippen molar-refractivity contribution in [1.29, 1.82) is 0 Å². The molecule has 2 unspecified atom stereocenters. The summed E-state index contributed by atoms with van der Waals surface area (Å²) in [6.45, 7) is 5.42. The highest BCUT2D eigenvalue weighted by molar-refractivity contribution is 5.74. The number of aryl methyl sites for hydroxylation is 1. The van der Waals surface area contributed by atoms with Gasteiger partial charge in [-0.3, -0.25) is 14.7 Å². The minimum atomic E-state index is -0.720. The Hall–Kier alpha value is -1.42. The lowest BCUT2D eigenvalue weighted by Crippen LogP contribution is -2.38. The molecule has 4 nitrogen and oxygen atoms in total. The third kappa shape index (κ3) is 2.64. The number of likely N-dealkylation sites (tertiary alicyclic amines) is 1. The Morgan fingerprint density at radius 2 is 2.35 bits per heavy atom. The molecule has 1 aromatic rings. The number of hydrogen-bond acceptors (Lipinski definition) is 3. The van der Waals surface area contributed by atoms with Crippen molar-refractivity contribution in [3.8, 4) is 0 Å². The molecule has 0 spiro atoms. The average Bonchev–Trinajstić information content (AvgIpc) is 2.59. The van der Waals surface area contributed by atoms with Crippen LogP contribution in [0.25, 0.3) is 0 Å². The van der Waals surface area contributed by atoms with Crippen LogP contribution in [0, 0.1) is 12.8 Å². The van der Waals surface area contributed by atoms with Gasteiger partial charge in [0.05, 0.1) is 5.69 Å². The smallest absolute Gasteiger partial charge is 0.321 e. The molecular formula is C13H18N2O2. The van der Waals surface area contributed by atoms with Gasteiger partial charge in [-0.15, -0.1) is 0 Å². The quantitative estimate of drug-likeness (QED) is 0.864. The molecule has 2 atom stereocenters. The van der Waals surface area contributed by atoms with E-state index in [0.29, 0.717) is 6.54 Å². The van der Waals surface area contributed by atoms with Crippen LogP contribution >= 0.6 is 0 Å². The van der Waals surface area contributed by atoms with Gasteiger partial charge in [-0.25, -0.2) is 0 Å². The number of pyridine rings is 1. The molecule has 0 radical (unpaired) electrons. The second kappa shape index (κ2) is 4.84. The molecule has 1 aliphatic heterocycles. The summed E-state index contributed by atoms with van der Waals surface area (Å²) in [5.41, 5.74) is 1.92. The van der Waals surface area contributed by atoms with Crippen LogP contribution < -0.4 is 0 Å². The van der Waals surface area contributed by atoms with Gasteiger partial charge in [0.25, 0.3) is 0 Å². The minimum absolute atomic E-state index is 0.220. The van der Waals surface area contributed by atoms with Crippen LogP contribution in [0.3, 0.4) is 0 Å². The fourth-order valence-corrected chi connectivity index (χ4v) is 2.50. The lowest BCUT2D eigenvalue weighted by Gasteiger charge is -2.22.